The number of benzene rings is 1. The van der Waals surface area contributed by atoms with Crippen LogP contribution in [0.25, 0.3) is 0 Å². The molecule has 0 bridgehead atoms. The van der Waals surface area contributed by atoms with Crippen molar-refractivity contribution in [3.63, 3.8) is 0 Å². The monoisotopic (exact) mass is 317 g/mol. The van der Waals surface area contributed by atoms with E-state index in [1.165, 1.54) is 0 Å². The fourth-order valence-corrected chi connectivity index (χ4v) is 2.85. The first-order valence-corrected chi connectivity index (χ1v) is 8.32. The van der Waals surface area contributed by atoms with Gasteiger partial charge in [0.2, 0.25) is 5.91 Å². The summed E-state index contributed by atoms with van der Waals surface area (Å²) >= 11 is 0. The summed E-state index contributed by atoms with van der Waals surface area (Å²) in [6.45, 7) is 7.57. The van der Waals surface area contributed by atoms with Crippen LogP contribution in [0.15, 0.2) is 41.5 Å². The summed E-state index contributed by atoms with van der Waals surface area (Å²) < 4.78 is 5.54. The summed E-state index contributed by atoms with van der Waals surface area (Å²) in [6, 6.07) is 9.48. The van der Waals surface area contributed by atoms with Gasteiger partial charge in [0.25, 0.3) is 0 Å². The number of hydrogen-bond acceptors (Lipinski definition) is 3. The van der Waals surface area contributed by atoms with E-state index in [1.807, 2.05) is 49.1 Å². The smallest absolute Gasteiger partial charge is 0.249 e. The van der Waals surface area contributed by atoms with Crippen LogP contribution >= 0.6 is 0 Å². The molecule has 2 rings (SSSR count). The van der Waals surface area contributed by atoms with Crippen molar-refractivity contribution in [1.29, 1.82) is 0 Å². The number of aliphatic hydroxyl groups excluding tert-OH is 1. The molecule has 0 aliphatic carbocycles. The van der Waals surface area contributed by atoms with Crippen LogP contribution in [0.1, 0.15) is 45.3 Å². The maximum atomic E-state index is 12.8. The van der Waals surface area contributed by atoms with Gasteiger partial charge in [-0.3, -0.25) is 4.79 Å². The molecule has 4 nitrogen and oxygen atoms in total. The minimum atomic E-state index is -0.588. The second-order valence-electron chi connectivity index (χ2n) is 6.15. The molecule has 23 heavy (non-hydrogen) atoms. The molecule has 2 atom stereocenters. The summed E-state index contributed by atoms with van der Waals surface area (Å²) in [5.74, 6) is 0.0675. The molecule has 1 aromatic rings. The minimum Gasteiger partial charge on any atom is -0.388 e. The Hall–Kier alpha value is -1.65. The van der Waals surface area contributed by atoms with Crippen molar-refractivity contribution in [3.8, 4) is 0 Å². The SMILES string of the molecule is CC/C(C)=C(/C)C(=O)N1CCOCC1CC(O)c1ccccc1. The molecule has 4 heteroatoms. The molecule has 0 spiro atoms. The van der Waals surface area contributed by atoms with E-state index in [1.54, 1.807) is 0 Å². The predicted octanol–water partition coefficient (Wildman–Crippen LogP) is 3.08. The number of nitrogens with zero attached hydrogens (tertiary/aromatic N) is 1. The van der Waals surface area contributed by atoms with Gasteiger partial charge in [0.15, 0.2) is 0 Å². The first-order valence-electron chi connectivity index (χ1n) is 8.32. The highest BCUT2D eigenvalue weighted by molar-refractivity contribution is 5.93. The highest BCUT2D eigenvalue weighted by Crippen LogP contribution is 2.24. The van der Waals surface area contributed by atoms with Gasteiger partial charge in [-0.1, -0.05) is 42.8 Å². The first-order chi connectivity index (χ1) is 11.0. The molecule has 1 fully saturated rings. The van der Waals surface area contributed by atoms with Crippen molar-refractivity contribution in [2.45, 2.75) is 45.8 Å². The maximum absolute atomic E-state index is 12.8. The lowest BCUT2D eigenvalue weighted by Gasteiger charge is -2.37. The Kier molecular flexibility index (Phi) is 6.37. The topological polar surface area (TPSA) is 49.8 Å². The zero-order chi connectivity index (χ0) is 16.8. The molecular formula is C19H27NO3. The van der Waals surface area contributed by atoms with Gasteiger partial charge in [-0.2, -0.15) is 0 Å². The van der Waals surface area contributed by atoms with Crippen LogP contribution < -0.4 is 0 Å². The second kappa shape index (κ2) is 8.27. The van der Waals surface area contributed by atoms with E-state index in [2.05, 4.69) is 6.92 Å². The van der Waals surface area contributed by atoms with Gasteiger partial charge in [-0.05, 0) is 25.8 Å². The second-order valence-corrected chi connectivity index (χ2v) is 6.15. The molecule has 1 aliphatic heterocycles. The van der Waals surface area contributed by atoms with Gasteiger partial charge in [0.05, 0.1) is 25.4 Å². The molecule has 1 heterocycles. The van der Waals surface area contributed by atoms with Crippen LogP contribution in [-0.2, 0) is 9.53 Å². The normalized spacial score (nSPS) is 20.9. The minimum absolute atomic E-state index is 0.0675. The third kappa shape index (κ3) is 4.43. The van der Waals surface area contributed by atoms with E-state index in [9.17, 15) is 9.90 Å². The number of carbonyl (C=O) groups excluding carboxylic acids is 1. The lowest BCUT2D eigenvalue weighted by molar-refractivity contribution is -0.136. The van der Waals surface area contributed by atoms with E-state index < -0.39 is 6.10 Å². The Morgan fingerprint density at radius 2 is 2.04 bits per heavy atom. The third-order valence-electron chi connectivity index (χ3n) is 4.66. The highest BCUT2D eigenvalue weighted by atomic mass is 16.5. The van der Waals surface area contributed by atoms with Crippen LogP contribution in [0.4, 0.5) is 0 Å². The molecule has 1 amide bonds. The number of allylic oxidation sites excluding steroid dienone is 1. The number of hydrogen-bond donors (Lipinski definition) is 1. The van der Waals surface area contributed by atoms with Crippen LogP contribution in [-0.4, -0.2) is 41.7 Å². The van der Waals surface area contributed by atoms with Crippen LogP contribution in [0.5, 0.6) is 0 Å². The largest absolute Gasteiger partial charge is 0.388 e. The Morgan fingerprint density at radius 1 is 1.35 bits per heavy atom. The molecule has 1 aliphatic rings. The zero-order valence-corrected chi connectivity index (χ0v) is 14.3. The van der Waals surface area contributed by atoms with Crippen LogP contribution in [0, 0.1) is 0 Å². The van der Waals surface area contributed by atoms with Crippen LogP contribution in [0.3, 0.4) is 0 Å². The number of ether oxygens (including phenoxy) is 1. The van der Waals surface area contributed by atoms with E-state index in [0.717, 1.165) is 23.1 Å². The molecule has 1 N–H and O–H groups in total. The van der Waals surface area contributed by atoms with Crippen molar-refractivity contribution in [1.82, 2.24) is 4.90 Å². The summed E-state index contributed by atoms with van der Waals surface area (Å²) in [7, 11) is 0. The first kappa shape index (κ1) is 17.7. The standard InChI is InChI=1S/C19H27NO3/c1-4-14(2)15(3)19(22)20-10-11-23-13-17(20)12-18(21)16-8-6-5-7-9-16/h5-9,17-18,21H,4,10-13H2,1-3H3/b15-14-. The van der Waals surface area contributed by atoms with E-state index in [-0.39, 0.29) is 11.9 Å². The predicted molar refractivity (Wildman–Crippen MR) is 91.0 cm³/mol. The Labute approximate surface area is 138 Å². The molecule has 1 saturated heterocycles. The average Bonchev–Trinajstić information content (AvgIpc) is 2.61. The van der Waals surface area contributed by atoms with Gasteiger partial charge in [0, 0.05) is 18.5 Å². The van der Waals surface area contributed by atoms with Crippen molar-refractivity contribution < 1.29 is 14.6 Å². The van der Waals surface area contributed by atoms with E-state index >= 15 is 0 Å². The molecule has 126 valence electrons. The quantitative estimate of drug-likeness (QED) is 0.849. The fourth-order valence-electron chi connectivity index (χ4n) is 2.85. The van der Waals surface area contributed by atoms with Gasteiger partial charge in [-0.25, -0.2) is 0 Å². The molecule has 0 saturated carbocycles. The molecule has 0 aromatic heterocycles. The highest BCUT2D eigenvalue weighted by Gasteiger charge is 2.30. The third-order valence-corrected chi connectivity index (χ3v) is 4.66. The number of morpholine rings is 1. The summed E-state index contributed by atoms with van der Waals surface area (Å²) in [5.41, 5.74) is 2.81. The van der Waals surface area contributed by atoms with Crippen molar-refractivity contribution in [2.24, 2.45) is 0 Å². The summed E-state index contributed by atoms with van der Waals surface area (Å²) in [6.07, 6.45) is 0.780. The lowest BCUT2D eigenvalue weighted by atomic mass is 9.99. The van der Waals surface area contributed by atoms with Crippen LogP contribution in [0.2, 0.25) is 0 Å². The summed E-state index contributed by atoms with van der Waals surface area (Å²) in [4.78, 5) is 14.6. The average molecular weight is 317 g/mol. The molecule has 2 unspecified atom stereocenters. The number of aliphatic hydroxyl groups is 1. The molecule has 1 aromatic carbocycles. The van der Waals surface area contributed by atoms with E-state index in [0.29, 0.717) is 26.2 Å². The molecule has 0 radical (unpaired) electrons. The Morgan fingerprint density at radius 3 is 2.70 bits per heavy atom. The maximum Gasteiger partial charge on any atom is 0.249 e. The van der Waals surface area contributed by atoms with Gasteiger partial charge in [-0.15, -0.1) is 0 Å². The zero-order valence-electron chi connectivity index (χ0n) is 14.3. The van der Waals surface area contributed by atoms with Crippen molar-refractivity contribution in [2.75, 3.05) is 19.8 Å². The lowest BCUT2D eigenvalue weighted by Crippen LogP contribution is -2.49. The van der Waals surface area contributed by atoms with Gasteiger partial charge >= 0.3 is 0 Å². The Bertz CT molecular complexity index is 553. The van der Waals surface area contributed by atoms with E-state index in [4.69, 9.17) is 4.74 Å². The van der Waals surface area contributed by atoms with Gasteiger partial charge in [0.1, 0.15) is 0 Å². The molecular weight excluding hydrogens is 290 g/mol. The Balaban J connectivity index is 2.11. The fraction of sp³-hybridized carbons (Fsp3) is 0.526. The number of rotatable bonds is 5. The van der Waals surface area contributed by atoms with Crippen molar-refractivity contribution in [3.05, 3.63) is 47.0 Å². The van der Waals surface area contributed by atoms with Gasteiger partial charge < -0.3 is 14.7 Å². The number of amides is 1. The van der Waals surface area contributed by atoms with Crippen molar-refractivity contribution >= 4 is 5.91 Å². The number of carbonyl (C=O) groups is 1. The summed E-state index contributed by atoms with van der Waals surface area (Å²) in [5, 5.41) is 10.5.